The first kappa shape index (κ1) is 18.1. The minimum atomic E-state index is 0.624. The zero-order valence-electron chi connectivity index (χ0n) is 15.6. The Hall–Kier alpha value is -3.31. The fraction of sp³-hybridized carbons (Fsp3) is 0.0870. The molecular formula is C23H20N4S. The van der Waals surface area contributed by atoms with Crippen LogP contribution in [0, 0.1) is 6.92 Å². The van der Waals surface area contributed by atoms with Gasteiger partial charge >= 0.3 is 0 Å². The molecule has 4 aromatic rings. The van der Waals surface area contributed by atoms with Crippen molar-refractivity contribution in [2.75, 3.05) is 0 Å². The topological polar surface area (TPSA) is 42.5 Å². The molecule has 0 bridgehead atoms. The summed E-state index contributed by atoms with van der Waals surface area (Å²) < 4.78 is 1.92. The molecule has 4 nitrogen and oxygen atoms in total. The Balaban J connectivity index is 1.75. The largest absolute Gasteiger partial charge is 0.265 e. The normalized spacial score (nSPS) is 12.0. The fourth-order valence-electron chi connectivity index (χ4n) is 2.76. The maximum atomic E-state index is 4.81. The number of hydrogen-bond donors (Lipinski definition) is 0. The van der Waals surface area contributed by atoms with Crippen LogP contribution in [0.5, 0.6) is 0 Å². The van der Waals surface area contributed by atoms with E-state index in [0.717, 1.165) is 21.6 Å². The molecule has 0 atom stereocenters. The van der Waals surface area contributed by atoms with Gasteiger partial charge in [0.05, 0.1) is 18.5 Å². The van der Waals surface area contributed by atoms with Crippen molar-refractivity contribution in [3.63, 3.8) is 0 Å². The summed E-state index contributed by atoms with van der Waals surface area (Å²) in [5.41, 5.74) is 5.56. The number of nitrogens with zero attached hydrogens (tertiary/aromatic N) is 4. The molecule has 0 fully saturated rings. The second-order valence-corrected chi connectivity index (χ2v) is 7.24. The standard InChI is InChI=1S/C23H20N4S/c1-18-7-9-21(10-8-18)22-17-28-23(25-15-19-5-3-2-4-6-19)27(22)26-16-20-11-13-24-14-12-20/h2-14,16-17H,15H2,1H3. The molecule has 138 valence electrons. The summed E-state index contributed by atoms with van der Waals surface area (Å²) in [5, 5.41) is 6.84. The summed E-state index contributed by atoms with van der Waals surface area (Å²) in [6.45, 7) is 2.72. The second-order valence-electron chi connectivity index (χ2n) is 6.41. The minimum Gasteiger partial charge on any atom is -0.265 e. The van der Waals surface area contributed by atoms with Gasteiger partial charge in [0, 0.05) is 23.3 Å². The van der Waals surface area contributed by atoms with E-state index < -0.39 is 0 Å². The predicted molar refractivity (Wildman–Crippen MR) is 115 cm³/mol. The Kier molecular flexibility index (Phi) is 5.54. The number of pyridine rings is 1. The number of rotatable bonds is 5. The highest BCUT2D eigenvalue weighted by atomic mass is 32.1. The van der Waals surface area contributed by atoms with Gasteiger partial charge in [-0.25, -0.2) is 4.68 Å². The van der Waals surface area contributed by atoms with Crippen LogP contribution in [0.25, 0.3) is 11.3 Å². The summed E-state index contributed by atoms with van der Waals surface area (Å²) in [6, 6.07) is 22.6. The molecule has 0 N–H and O–H groups in total. The Morgan fingerprint density at radius 3 is 2.46 bits per heavy atom. The smallest absolute Gasteiger partial charge is 0.206 e. The SMILES string of the molecule is Cc1ccc(-c2csc(=NCc3ccccc3)n2N=Cc2ccncc2)cc1. The van der Waals surface area contributed by atoms with Crippen LogP contribution < -0.4 is 4.80 Å². The van der Waals surface area contributed by atoms with Gasteiger partial charge in [0.15, 0.2) is 0 Å². The van der Waals surface area contributed by atoms with E-state index in [9.17, 15) is 0 Å². The average Bonchev–Trinajstić information content (AvgIpc) is 3.15. The molecular weight excluding hydrogens is 364 g/mol. The Morgan fingerprint density at radius 1 is 0.964 bits per heavy atom. The summed E-state index contributed by atoms with van der Waals surface area (Å²) in [4.78, 5) is 9.73. The molecule has 0 saturated heterocycles. The number of thiazole rings is 1. The number of aromatic nitrogens is 2. The third-order valence-electron chi connectivity index (χ3n) is 4.30. The molecule has 0 unspecified atom stereocenters. The third kappa shape index (κ3) is 4.32. The van der Waals surface area contributed by atoms with Gasteiger partial charge < -0.3 is 0 Å². The van der Waals surface area contributed by atoms with Crippen LogP contribution in [-0.4, -0.2) is 15.9 Å². The van der Waals surface area contributed by atoms with E-state index >= 15 is 0 Å². The molecule has 4 rings (SSSR count). The van der Waals surface area contributed by atoms with E-state index in [1.165, 1.54) is 11.1 Å². The average molecular weight is 385 g/mol. The van der Waals surface area contributed by atoms with Crippen molar-refractivity contribution in [2.24, 2.45) is 10.1 Å². The highest BCUT2D eigenvalue weighted by Gasteiger charge is 2.07. The second kappa shape index (κ2) is 8.59. The minimum absolute atomic E-state index is 0.624. The lowest BCUT2D eigenvalue weighted by Gasteiger charge is -2.04. The van der Waals surface area contributed by atoms with Crippen molar-refractivity contribution in [3.05, 3.63) is 106 Å². The maximum absolute atomic E-state index is 4.81. The van der Waals surface area contributed by atoms with Gasteiger partial charge in [-0.05, 0) is 30.2 Å². The number of benzene rings is 2. The molecule has 0 aliphatic rings. The van der Waals surface area contributed by atoms with E-state index in [2.05, 4.69) is 53.7 Å². The van der Waals surface area contributed by atoms with Crippen molar-refractivity contribution in [2.45, 2.75) is 13.5 Å². The molecule has 5 heteroatoms. The number of aryl methyl sites for hydroxylation is 1. The van der Waals surface area contributed by atoms with E-state index in [1.807, 2.05) is 41.2 Å². The van der Waals surface area contributed by atoms with Gasteiger partial charge in [-0.1, -0.05) is 60.2 Å². The molecule has 0 saturated carbocycles. The molecule has 28 heavy (non-hydrogen) atoms. The van der Waals surface area contributed by atoms with Crippen LogP contribution in [0.4, 0.5) is 0 Å². The van der Waals surface area contributed by atoms with Crippen LogP contribution >= 0.6 is 11.3 Å². The van der Waals surface area contributed by atoms with Crippen LogP contribution in [-0.2, 0) is 6.54 Å². The molecule has 0 amide bonds. The van der Waals surface area contributed by atoms with Crippen molar-refractivity contribution in [1.82, 2.24) is 9.66 Å². The zero-order chi connectivity index (χ0) is 19.2. The first-order valence-electron chi connectivity index (χ1n) is 9.06. The van der Waals surface area contributed by atoms with E-state index in [0.29, 0.717) is 6.54 Å². The van der Waals surface area contributed by atoms with E-state index in [-0.39, 0.29) is 0 Å². The lowest BCUT2D eigenvalue weighted by atomic mass is 10.1. The quantitative estimate of drug-likeness (QED) is 0.451. The summed E-state index contributed by atoms with van der Waals surface area (Å²) >= 11 is 1.60. The van der Waals surface area contributed by atoms with E-state index in [4.69, 9.17) is 10.1 Å². The van der Waals surface area contributed by atoms with Gasteiger partial charge in [0.2, 0.25) is 4.80 Å². The van der Waals surface area contributed by atoms with Crippen LogP contribution in [0.2, 0.25) is 0 Å². The van der Waals surface area contributed by atoms with Gasteiger partial charge in [0.25, 0.3) is 0 Å². The molecule has 2 aromatic carbocycles. The molecule has 0 spiro atoms. The van der Waals surface area contributed by atoms with Crippen molar-refractivity contribution in [3.8, 4) is 11.3 Å². The first-order chi connectivity index (χ1) is 13.8. The molecule has 2 heterocycles. The zero-order valence-corrected chi connectivity index (χ0v) is 16.4. The Labute approximate surface area is 168 Å². The van der Waals surface area contributed by atoms with Gasteiger partial charge in [0.1, 0.15) is 0 Å². The van der Waals surface area contributed by atoms with Crippen molar-refractivity contribution < 1.29 is 0 Å². The summed E-state index contributed by atoms with van der Waals surface area (Å²) in [5.74, 6) is 0. The summed E-state index contributed by atoms with van der Waals surface area (Å²) in [6.07, 6.45) is 5.37. The predicted octanol–water partition coefficient (Wildman–Crippen LogP) is 4.90. The lowest BCUT2D eigenvalue weighted by Crippen LogP contribution is -2.12. The summed E-state index contributed by atoms with van der Waals surface area (Å²) in [7, 11) is 0. The maximum Gasteiger partial charge on any atom is 0.206 e. The Morgan fingerprint density at radius 2 is 1.71 bits per heavy atom. The van der Waals surface area contributed by atoms with Gasteiger partial charge in [-0.15, -0.1) is 11.3 Å². The molecule has 0 aliphatic heterocycles. The van der Waals surface area contributed by atoms with Crippen LogP contribution in [0.15, 0.2) is 94.6 Å². The lowest BCUT2D eigenvalue weighted by molar-refractivity contribution is 0.824. The first-order valence-corrected chi connectivity index (χ1v) is 9.94. The fourth-order valence-corrected chi connectivity index (χ4v) is 3.60. The van der Waals surface area contributed by atoms with Crippen LogP contribution in [0.3, 0.4) is 0 Å². The Bertz CT molecular complexity index is 1120. The monoisotopic (exact) mass is 384 g/mol. The number of hydrogen-bond acceptors (Lipinski definition) is 4. The molecule has 0 aliphatic carbocycles. The highest BCUT2D eigenvalue weighted by molar-refractivity contribution is 7.07. The molecule has 0 radical (unpaired) electrons. The van der Waals surface area contributed by atoms with Gasteiger partial charge in [-0.3, -0.25) is 9.98 Å². The molecule has 2 aromatic heterocycles. The van der Waals surface area contributed by atoms with Crippen LogP contribution in [0.1, 0.15) is 16.7 Å². The third-order valence-corrected chi connectivity index (χ3v) is 5.15. The van der Waals surface area contributed by atoms with E-state index in [1.54, 1.807) is 23.7 Å². The van der Waals surface area contributed by atoms with Crippen molar-refractivity contribution >= 4 is 17.6 Å². The van der Waals surface area contributed by atoms with Crippen molar-refractivity contribution in [1.29, 1.82) is 0 Å². The highest BCUT2D eigenvalue weighted by Crippen LogP contribution is 2.20. The van der Waals surface area contributed by atoms with Gasteiger partial charge in [-0.2, -0.15) is 5.10 Å².